The molecule has 0 aliphatic heterocycles. The quantitative estimate of drug-likeness (QED) is 0.671. The lowest BCUT2D eigenvalue weighted by Crippen LogP contribution is -2.11. The SMILES string of the molecule is Cc1cccc(OCc2csc(C(=O)Nc3ccc(F)cc3C)c2)c1. The van der Waals surface area contributed by atoms with Gasteiger partial charge in [-0.15, -0.1) is 11.3 Å². The number of amides is 1. The van der Waals surface area contributed by atoms with Crippen LogP contribution in [-0.4, -0.2) is 5.91 Å². The van der Waals surface area contributed by atoms with E-state index < -0.39 is 0 Å². The van der Waals surface area contributed by atoms with Gasteiger partial charge in [0.2, 0.25) is 0 Å². The third-order valence-corrected chi connectivity index (χ3v) is 4.69. The second-order valence-electron chi connectivity index (χ2n) is 5.84. The van der Waals surface area contributed by atoms with Crippen LogP contribution in [0.2, 0.25) is 0 Å². The number of carbonyl (C=O) groups is 1. The molecular formula is C20H18FNO2S. The number of halogens is 1. The van der Waals surface area contributed by atoms with Gasteiger partial charge < -0.3 is 10.1 Å². The van der Waals surface area contributed by atoms with E-state index in [1.165, 1.54) is 23.5 Å². The summed E-state index contributed by atoms with van der Waals surface area (Å²) in [5.74, 6) is 0.280. The van der Waals surface area contributed by atoms with Gasteiger partial charge in [0.05, 0.1) is 4.88 Å². The fourth-order valence-electron chi connectivity index (χ4n) is 2.39. The van der Waals surface area contributed by atoms with E-state index in [4.69, 9.17) is 4.74 Å². The minimum atomic E-state index is -0.317. The largest absolute Gasteiger partial charge is 0.489 e. The molecule has 0 aliphatic carbocycles. The first kappa shape index (κ1) is 17.2. The number of thiophene rings is 1. The summed E-state index contributed by atoms with van der Waals surface area (Å²) in [5, 5.41) is 4.72. The number of anilines is 1. The molecule has 1 heterocycles. The number of hydrogen-bond acceptors (Lipinski definition) is 3. The smallest absolute Gasteiger partial charge is 0.265 e. The van der Waals surface area contributed by atoms with Crippen molar-refractivity contribution < 1.29 is 13.9 Å². The molecule has 25 heavy (non-hydrogen) atoms. The number of rotatable bonds is 5. The molecule has 0 atom stereocenters. The van der Waals surface area contributed by atoms with E-state index in [2.05, 4.69) is 5.32 Å². The molecule has 3 aromatic rings. The minimum absolute atomic E-state index is 0.207. The number of hydrogen-bond donors (Lipinski definition) is 1. The van der Waals surface area contributed by atoms with Gasteiger partial charge in [-0.3, -0.25) is 4.79 Å². The Bertz CT molecular complexity index is 904. The predicted octanol–water partition coefficient (Wildman–Crippen LogP) is 5.34. The molecule has 0 bridgehead atoms. The zero-order valence-electron chi connectivity index (χ0n) is 14.0. The molecule has 3 rings (SSSR count). The zero-order valence-corrected chi connectivity index (χ0v) is 14.8. The van der Waals surface area contributed by atoms with Crippen LogP contribution in [0.15, 0.2) is 53.9 Å². The van der Waals surface area contributed by atoms with E-state index in [-0.39, 0.29) is 11.7 Å². The Labute approximate surface area is 150 Å². The van der Waals surface area contributed by atoms with E-state index in [1.807, 2.05) is 42.6 Å². The fraction of sp³-hybridized carbons (Fsp3) is 0.150. The highest BCUT2D eigenvalue weighted by atomic mass is 32.1. The van der Waals surface area contributed by atoms with Gasteiger partial charge in [0, 0.05) is 11.3 Å². The molecule has 0 radical (unpaired) electrons. The van der Waals surface area contributed by atoms with Gasteiger partial charge in [-0.25, -0.2) is 4.39 Å². The van der Waals surface area contributed by atoms with Crippen LogP contribution < -0.4 is 10.1 Å². The third kappa shape index (κ3) is 4.45. The van der Waals surface area contributed by atoms with Crippen molar-refractivity contribution in [3.63, 3.8) is 0 Å². The molecule has 128 valence electrons. The predicted molar refractivity (Wildman–Crippen MR) is 98.9 cm³/mol. The Morgan fingerprint density at radius 2 is 2.00 bits per heavy atom. The molecular weight excluding hydrogens is 337 g/mol. The van der Waals surface area contributed by atoms with E-state index in [1.54, 1.807) is 13.0 Å². The van der Waals surface area contributed by atoms with Crippen LogP contribution in [0, 0.1) is 19.7 Å². The lowest BCUT2D eigenvalue weighted by Gasteiger charge is -2.07. The molecule has 3 nitrogen and oxygen atoms in total. The normalized spacial score (nSPS) is 10.5. The van der Waals surface area contributed by atoms with E-state index in [9.17, 15) is 9.18 Å². The maximum Gasteiger partial charge on any atom is 0.265 e. The Morgan fingerprint density at radius 1 is 1.16 bits per heavy atom. The van der Waals surface area contributed by atoms with E-state index in [0.29, 0.717) is 22.7 Å². The molecule has 1 aromatic heterocycles. The molecule has 0 saturated heterocycles. The molecule has 0 fully saturated rings. The molecule has 0 aliphatic rings. The molecule has 0 spiro atoms. The lowest BCUT2D eigenvalue weighted by atomic mass is 10.2. The highest BCUT2D eigenvalue weighted by Gasteiger charge is 2.11. The van der Waals surface area contributed by atoms with Crippen LogP contribution in [0.3, 0.4) is 0 Å². The molecule has 0 saturated carbocycles. The Balaban J connectivity index is 1.63. The summed E-state index contributed by atoms with van der Waals surface area (Å²) in [5.41, 5.74) is 3.37. The second kappa shape index (κ2) is 7.49. The van der Waals surface area contributed by atoms with Crippen LogP contribution in [0.4, 0.5) is 10.1 Å². The summed E-state index contributed by atoms with van der Waals surface area (Å²) in [6.07, 6.45) is 0. The van der Waals surface area contributed by atoms with Gasteiger partial charge in [0.15, 0.2) is 0 Å². The number of ether oxygens (including phenoxy) is 1. The van der Waals surface area contributed by atoms with Crippen molar-refractivity contribution in [1.29, 1.82) is 0 Å². The zero-order chi connectivity index (χ0) is 17.8. The van der Waals surface area contributed by atoms with Crippen molar-refractivity contribution in [1.82, 2.24) is 0 Å². The molecule has 0 unspecified atom stereocenters. The number of aryl methyl sites for hydroxylation is 2. The molecule has 1 N–H and O–H groups in total. The summed E-state index contributed by atoms with van der Waals surface area (Å²) in [6.45, 7) is 4.17. The molecule has 1 amide bonds. The maximum absolute atomic E-state index is 13.1. The monoisotopic (exact) mass is 355 g/mol. The third-order valence-electron chi connectivity index (χ3n) is 3.71. The first-order valence-electron chi connectivity index (χ1n) is 7.85. The highest BCUT2D eigenvalue weighted by molar-refractivity contribution is 7.12. The van der Waals surface area contributed by atoms with Crippen molar-refractivity contribution in [2.24, 2.45) is 0 Å². The van der Waals surface area contributed by atoms with Gasteiger partial charge in [-0.05, 0) is 66.8 Å². The Morgan fingerprint density at radius 3 is 2.76 bits per heavy atom. The lowest BCUT2D eigenvalue weighted by molar-refractivity contribution is 0.103. The van der Waals surface area contributed by atoms with Crippen molar-refractivity contribution >= 4 is 22.9 Å². The number of nitrogens with one attached hydrogen (secondary N) is 1. The first-order valence-corrected chi connectivity index (χ1v) is 8.73. The van der Waals surface area contributed by atoms with Gasteiger partial charge in [0.25, 0.3) is 5.91 Å². The van der Waals surface area contributed by atoms with Gasteiger partial charge >= 0.3 is 0 Å². The molecule has 2 aromatic carbocycles. The summed E-state index contributed by atoms with van der Waals surface area (Å²) in [6, 6.07) is 13.9. The standard InChI is InChI=1S/C20H18FNO2S/c1-13-4-3-5-17(8-13)24-11-15-10-19(25-12-15)20(23)22-18-7-6-16(21)9-14(18)2/h3-10,12H,11H2,1-2H3,(H,22,23). The van der Waals surface area contributed by atoms with Crippen molar-refractivity contribution in [3.05, 3.63) is 81.3 Å². The summed E-state index contributed by atoms with van der Waals surface area (Å²) >= 11 is 1.36. The van der Waals surface area contributed by atoms with E-state index >= 15 is 0 Å². The summed E-state index contributed by atoms with van der Waals surface area (Å²) < 4.78 is 18.9. The van der Waals surface area contributed by atoms with Crippen LogP contribution in [0.1, 0.15) is 26.4 Å². The average Bonchev–Trinajstić information content (AvgIpc) is 3.05. The van der Waals surface area contributed by atoms with Gasteiger partial charge in [-0.1, -0.05) is 12.1 Å². The topological polar surface area (TPSA) is 38.3 Å². The van der Waals surface area contributed by atoms with Crippen LogP contribution in [0.5, 0.6) is 5.75 Å². The fourth-order valence-corrected chi connectivity index (χ4v) is 3.19. The minimum Gasteiger partial charge on any atom is -0.489 e. The highest BCUT2D eigenvalue weighted by Crippen LogP contribution is 2.21. The Hall–Kier alpha value is -2.66. The average molecular weight is 355 g/mol. The van der Waals surface area contributed by atoms with E-state index in [0.717, 1.165) is 16.9 Å². The maximum atomic E-state index is 13.1. The number of benzene rings is 2. The van der Waals surface area contributed by atoms with Crippen LogP contribution in [0.25, 0.3) is 0 Å². The van der Waals surface area contributed by atoms with Crippen LogP contribution in [-0.2, 0) is 6.61 Å². The second-order valence-corrected chi connectivity index (χ2v) is 6.75. The Kier molecular flexibility index (Phi) is 5.14. The summed E-state index contributed by atoms with van der Waals surface area (Å²) in [4.78, 5) is 12.9. The van der Waals surface area contributed by atoms with Crippen molar-refractivity contribution in [2.75, 3.05) is 5.32 Å². The van der Waals surface area contributed by atoms with Crippen molar-refractivity contribution in [2.45, 2.75) is 20.5 Å². The number of carbonyl (C=O) groups excluding carboxylic acids is 1. The summed E-state index contributed by atoms with van der Waals surface area (Å²) in [7, 11) is 0. The van der Waals surface area contributed by atoms with Crippen molar-refractivity contribution in [3.8, 4) is 5.75 Å². The van der Waals surface area contributed by atoms with Crippen LogP contribution >= 0.6 is 11.3 Å². The molecule has 5 heteroatoms. The van der Waals surface area contributed by atoms with Gasteiger partial charge in [0.1, 0.15) is 18.2 Å². The first-order chi connectivity index (χ1) is 12.0. The van der Waals surface area contributed by atoms with Gasteiger partial charge in [-0.2, -0.15) is 0 Å².